The molecule has 0 fully saturated rings. The van der Waals surface area contributed by atoms with E-state index in [2.05, 4.69) is 5.32 Å². The van der Waals surface area contributed by atoms with Gasteiger partial charge in [0.25, 0.3) is 0 Å². The number of ether oxygens (including phenoxy) is 1. The molecule has 0 heterocycles. The minimum atomic E-state index is -1.04. The third-order valence-electron chi connectivity index (χ3n) is 1.85. The molecule has 82 valence electrons. The molecule has 0 bridgehead atoms. The van der Waals surface area contributed by atoms with Crippen LogP contribution in [0.15, 0.2) is 18.2 Å². The van der Waals surface area contributed by atoms with Gasteiger partial charge in [-0.3, -0.25) is 0 Å². The molecule has 0 atom stereocenters. The Balaban J connectivity index is 2.86. The largest absolute Gasteiger partial charge is 0.478 e. The van der Waals surface area contributed by atoms with Gasteiger partial charge in [-0.25, -0.2) is 4.79 Å². The summed E-state index contributed by atoms with van der Waals surface area (Å²) < 4.78 is 4.85. The minimum absolute atomic E-state index is 0.0928. The lowest BCUT2D eigenvalue weighted by atomic mass is 10.2. The van der Waals surface area contributed by atoms with E-state index >= 15 is 0 Å². The van der Waals surface area contributed by atoms with Crippen LogP contribution in [0.5, 0.6) is 0 Å². The van der Waals surface area contributed by atoms with Gasteiger partial charge < -0.3 is 15.2 Å². The first kappa shape index (κ1) is 11.8. The maximum absolute atomic E-state index is 10.9. The fraction of sp³-hybridized carbons (Fsp3) is 0.300. The van der Waals surface area contributed by atoms with Gasteiger partial charge in [0.15, 0.2) is 0 Å². The number of carbonyl (C=O) groups is 1. The first-order chi connectivity index (χ1) is 7.16. The molecule has 0 aromatic heterocycles. The highest BCUT2D eigenvalue weighted by atomic mass is 35.5. The Morgan fingerprint density at radius 1 is 1.60 bits per heavy atom. The smallest absolute Gasteiger partial charge is 0.339 e. The first-order valence-corrected chi connectivity index (χ1v) is 4.79. The van der Waals surface area contributed by atoms with E-state index in [1.807, 2.05) is 0 Å². The van der Waals surface area contributed by atoms with E-state index in [1.165, 1.54) is 0 Å². The highest BCUT2D eigenvalue weighted by Gasteiger charge is 2.13. The molecule has 15 heavy (non-hydrogen) atoms. The average Bonchev–Trinajstić information content (AvgIpc) is 2.17. The Kier molecular flexibility index (Phi) is 4.39. The lowest BCUT2D eigenvalue weighted by molar-refractivity contribution is 0.0698. The molecule has 4 nitrogen and oxygen atoms in total. The Labute approximate surface area is 92.8 Å². The summed E-state index contributed by atoms with van der Waals surface area (Å²) in [5, 5.41) is 12.1. The molecule has 0 saturated carbocycles. The van der Waals surface area contributed by atoms with Gasteiger partial charge in [-0.15, -0.1) is 0 Å². The summed E-state index contributed by atoms with van der Waals surface area (Å²) in [6.45, 7) is 1.04. The molecule has 0 saturated heterocycles. The molecular weight excluding hydrogens is 218 g/mol. The van der Waals surface area contributed by atoms with E-state index in [1.54, 1.807) is 25.3 Å². The highest BCUT2D eigenvalue weighted by Crippen LogP contribution is 2.23. The van der Waals surface area contributed by atoms with Crippen LogP contribution in [0.1, 0.15) is 10.4 Å². The Bertz CT molecular complexity index is 355. The van der Waals surface area contributed by atoms with Crippen LogP contribution >= 0.6 is 11.6 Å². The van der Waals surface area contributed by atoms with Crippen molar-refractivity contribution in [3.8, 4) is 0 Å². The van der Waals surface area contributed by atoms with Gasteiger partial charge in [-0.2, -0.15) is 0 Å². The van der Waals surface area contributed by atoms with Gasteiger partial charge in [0.05, 0.1) is 17.3 Å². The number of aromatic carboxylic acids is 1. The third kappa shape index (κ3) is 3.11. The van der Waals surface area contributed by atoms with Crippen molar-refractivity contribution >= 4 is 23.3 Å². The minimum Gasteiger partial charge on any atom is -0.478 e. The zero-order valence-electron chi connectivity index (χ0n) is 8.29. The number of carboxylic acids is 1. The topological polar surface area (TPSA) is 58.6 Å². The lowest BCUT2D eigenvalue weighted by Gasteiger charge is -2.09. The number of halogens is 1. The second-order valence-corrected chi connectivity index (χ2v) is 3.29. The third-order valence-corrected chi connectivity index (χ3v) is 2.16. The predicted octanol–water partition coefficient (Wildman–Crippen LogP) is 2.10. The summed E-state index contributed by atoms with van der Waals surface area (Å²) in [7, 11) is 1.58. The summed E-state index contributed by atoms with van der Waals surface area (Å²) in [6, 6.07) is 4.92. The summed E-state index contributed by atoms with van der Waals surface area (Å²) >= 11 is 5.79. The van der Waals surface area contributed by atoms with Crippen LogP contribution in [-0.2, 0) is 4.74 Å². The van der Waals surface area contributed by atoms with E-state index in [0.717, 1.165) is 0 Å². The maximum Gasteiger partial charge on any atom is 0.339 e. The van der Waals surface area contributed by atoms with Crippen molar-refractivity contribution in [1.82, 2.24) is 0 Å². The molecule has 0 radical (unpaired) electrons. The highest BCUT2D eigenvalue weighted by molar-refractivity contribution is 6.34. The standard InChI is InChI=1S/C10H12ClNO3/c1-15-6-5-12-8-4-2-3-7(11)9(8)10(13)14/h2-4,12H,5-6H2,1H3,(H,13,14). The van der Waals surface area contributed by atoms with Crippen molar-refractivity contribution in [2.75, 3.05) is 25.6 Å². The van der Waals surface area contributed by atoms with E-state index in [4.69, 9.17) is 21.4 Å². The van der Waals surface area contributed by atoms with Crippen LogP contribution in [0.2, 0.25) is 5.02 Å². The van der Waals surface area contributed by atoms with E-state index in [9.17, 15) is 4.79 Å². The fourth-order valence-corrected chi connectivity index (χ4v) is 1.43. The normalized spacial score (nSPS) is 10.0. The van der Waals surface area contributed by atoms with Gasteiger partial charge in [-0.1, -0.05) is 17.7 Å². The first-order valence-electron chi connectivity index (χ1n) is 4.41. The van der Waals surface area contributed by atoms with E-state index in [-0.39, 0.29) is 10.6 Å². The molecule has 0 amide bonds. The van der Waals surface area contributed by atoms with E-state index < -0.39 is 5.97 Å². The molecular formula is C10H12ClNO3. The van der Waals surface area contributed by atoms with Crippen LogP contribution in [-0.4, -0.2) is 31.3 Å². The molecule has 0 spiro atoms. The maximum atomic E-state index is 10.9. The molecule has 0 aliphatic carbocycles. The van der Waals surface area contributed by atoms with Crippen molar-refractivity contribution in [3.63, 3.8) is 0 Å². The van der Waals surface area contributed by atoms with Gasteiger partial charge in [0, 0.05) is 13.7 Å². The lowest BCUT2D eigenvalue weighted by Crippen LogP contribution is -2.11. The SMILES string of the molecule is COCCNc1cccc(Cl)c1C(=O)O. The van der Waals surface area contributed by atoms with Crippen LogP contribution in [0.25, 0.3) is 0 Å². The number of carboxylic acid groups (broad SMARTS) is 1. The second kappa shape index (κ2) is 5.58. The van der Waals surface area contributed by atoms with Crippen LogP contribution < -0.4 is 5.32 Å². The summed E-state index contributed by atoms with van der Waals surface area (Å²) in [4.78, 5) is 10.9. The molecule has 1 aromatic carbocycles. The zero-order valence-corrected chi connectivity index (χ0v) is 9.04. The molecule has 0 aliphatic heterocycles. The molecule has 1 rings (SSSR count). The molecule has 2 N–H and O–H groups in total. The molecule has 0 aliphatic rings. The fourth-order valence-electron chi connectivity index (χ4n) is 1.18. The molecule has 1 aromatic rings. The Morgan fingerprint density at radius 3 is 2.93 bits per heavy atom. The second-order valence-electron chi connectivity index (χ2n) is 2.89. The molecule has 0 unspecified atom stereocenters. The zero-order chi connectivity index (χ0) is 11.3. The number of anilines is 1. The average molecular weight is 230 g/mol. The van der Waals surface area contributed by atoms with Crippen LogP contribution in [0.3, 0.4) is 0 Å². The number of hydrogen-bond acceptors (Lipinski definition) is 3. The van der Waals surface area contributed by atoms with Crippen LogP contribution in [0.4, 0.5) is 5.69 Å². The number of methoxy groups -OCH3 is 1. The number of nitrogens with one attached hydrogen (secondary N) is 1. The van der Waals surface area contributed by atoms with Crippen molar-refractivity contribution in [2.24, 2.45) is 0 Å². The van der Waals surface area contributed by atoms with E-state index in [0.29, 0.717) is 18.8 Å². The summed E-state index contributed by atoms with van der Waals surface area (Å²) in [5.74, 6) is -1.04. The van der Waals surface area contributed by atoms with Crippen molar-refractivity contribution in [1.29, 1.82) is 0 Å². The molecule has 5 heteroatoms. The van der Waals surface area contributed by atoms with Crippen molar-refractivity contribution in [2.45, 2.75) is 0 Å². The van der Waals surface area contributed by atoms with Gasteiger partial charge >= 0.3 is 5.97 Å². The quantitative estimate of drug-likeness (QED) is 0.760. The van der Waals surface area contributed by atoms with Crippen molar-refractivity contribution in [3.05, 3.63) is 28.8 Å². The predicted molar refractivity (Wildman–Crippen MR) is 58.8 cm³/mol. The van der Waals surface area contributed by atoms with Gasteiger partial charge in [-0.05, 0) is 12.1 Å². The summed E-state index contributed by atoms with van der Waals surface area (Å²) in [6.07, 6.45) is 0. The van der Waals surface area contributed by atoms with Crippen LogP contribution in [0, 0.1) is 0 Å². The number of benzene rings is 1. The monoisotopic (exact) mass is 229 g/mol. The number of rotatable bonds is 5. The Hall–Kier alpha value is -1.26. The summed E-state index contributed by atoms with van der Waals surface area (Å²) in [5.41, 5.74) is 0.599. The van der Waals surface area contributed by atoms with Crippen molar-refractivity contribution < 1.29 is 14.6 Å². The van der Waals surface area contributed by atoms with Gasteiger partial charge in [0.1, 0.15) is 5.56 Å². The van der Waals surface area contributed by atoms with Gasteiger partial charge in [0.2, 0.25) is 0 Å². The Morgan fingerprint density at radius 2 is 2.33 bits per heavy atom. The number of hydrogen-bond donors (Lipinski definition) is 2.